The first-order chi connectivity index (χ1) is 20.7. The third-order valence-corrected chi connectivity index (χ3v) is 6.85. The Bertz CT molecular complexity index is 1600. The van der Waals surface area contributed by atoms with E-state index in [1.165, 1.54) is 38.5 Å². The van der Waals surface area contributed by atoms with E-state index in [1.54, 1.807) is 18.2 Å². The molecular weight excluding hydrogens is 551 g/mol. The maximum Gasteiger partial charge on any atom is 0.315 e. The lowest BCUT2D eigenvalue weighted by molar-refractivity contribution is -0.159. The molecule has 0 fully saturated rings. The quantitative estimate of drug-likeness (QED) is 0.168. The van der Waals surface area contributed by atoms with Crippen LogP contribution >= 0.6 is 0 Å². The molecule has 0 radical (unpaired) electrons. The van der Waals surface area contributed by atoms with Crippen molar-refractivity contribution >= 4 is 17.8 Å². The zero-order chi connectivity index (χ0) is 30.9. The van der Waals surface area contributed by atoms with Gasteiger partial charge in [0.25, 0.3) is 5.91 Å². The summed E-state index contributed by atoms with van der Waals surface area (Å²) in [5.41, 5.74) is 4.46. The molecule has 1 amide bonds. The number of benzene rings is 3. The lowest BCUT2D eigenvalue weighted by atomic mass is 10.0. The molecular formula is C34H33FN2O6. The van der Waals surface area contributed by atoms with E-state index in [0.717, 1.165) is 16.7 Å². The fraction of sp³-hybridized carbons (Fsp3) is 0.235. The zero-order valence-electron chi connectivity index (χ0n) is 24.5. The van der Waals surface area contributed by atoms with Crippen LogP contribution in [0.1, 0.15) is 51.6 Å². The van der Waals surface area contributed by atoms with Crippen molar-refractivity contribution in [3.05, 3.63) is 113 Å². The minimum atomic E-state index is -0.807. The molecule has 1 N–H and O–H groups in total. The van der Waals surface area contributed by atoms with Crippen molar-refractivity contribution in [2.75, 3.05) is 14.2 Å². The van der Waals surface area contributed by atoms with Gasteiger partial charge in [-0.25, -0.2) is 9.37 Å². The normalized spacial score (nSPS) is 11.4. The van der Waals surface area contributed by atoms with Crippen molar-refractivity contribution < 1.29 is 33.0 Å². The minimum absolute atomic E-state index is 0.0295. The number of hydrogen-bond acceptors (Lipinski definition) is 7. The number of ether oxygens (including phenoxy) is 3. The molecule has 1 aromatic heterocycles. The molecule has 0 aliphatic carbocycles. The number of halogens is 1. The van der Waals surface area contributed by atoms with E-state index in [4.69, 9.17) is 14.2 Å². The first-order valence-electron chi connectivity index (χ1n) is 13.7. The highest BCUT2D eigenvalue weighted by Gasteiger charge is 2.24. The number of carbonyl (C=O) groups excluding carboxylic acids is 3. The summed E-state index contributed by atoms with van der Waals surface area (Å²) in [6, 6.07) is 21.3. The second-order valence-electron chi connectivity index (χ2n) is 10.1. The van der Waals surface area contributed by atoms with Crippen molar-refractivity contribution in [2.24, 2.45) is 0 Å². The number of nitrogens with zero attached hydrogens (tertiary/aromatic N) is 1. The summed E-state index contributed by atoms with van der Waals surface area (Å²) in [5.74, 6) is -1.91. The molecule has 1 unspecified atom stereocenters. The van der Waals surface area contributed by atoms with Crippen LogP contribution in [-0.2, 0) is 20.7 Å². The second kappa shape index (κ2) is 14.2. The van der Waals surface area contributed by atoms with Gasteiger partial charge in [0.1, 0.15) is 28.7 Å². The number of rotatable bonds is 11. The fourth-order valence-corrected chi connectivity index (χ4v) is 4.46. The lowest BCUT2D eigenvalue weighted by Gasteiger charge is -2.19. The first-order valence-corrected chi connectivity index (χ1v) is 13.7. The summed E-state index contributed by atoms with van der Waals surface area (Å²) >= 11 is 0. The number of esters is 2. The smallest absolute Gasteiger partial charge is 0.315 e. The van der Waals surface area contributed by atoms with Gasteiger partial charge in [0.2, 0.25) is 0 Å². The van der Waals surface area contributed by atoms with Crippen LogP contribution in [0.25, 0.3) is 11.3 Å². The van der Waals surface area contributed by atoms with Crippen molar-refractivity contribution in [1.82, 2.24) is 10.3 Å². The molecule has 0 saturated heterocycles. The van der Waals surface area contributed by atoms with Gasteiger partial charge in [-0.15, -0.1) is 0 Å². The van der Waals surface area contributed by atoms with E-state index < -0.39 is 29.7 Å². The molecule has 222 valence electrons. The van der Waals surface area contributed by atoms with E-state index in [-0.39, 0.29) is 30.0 Å². The molecule has 0 aliphatic heterocycles. The lowest BCUT2D eigenvalue weighted by Crippen LogP contribution is -2.31. The number of methoxy groups -OCH3 is 2. The van der Waals surface area contributed by atoms with Crippen molar-refractivity contribution in [3.63, 3.8) is 0 Å². The van der Waals surface area contributed by atoms with Crippen molar-refractivity contribution in [2.45, 2.75) is 39.2 Å². The Labute approximate surface area is 249 Å². The Kier molecular flexibility index (Phi) is 10.2. The van der Waals surface area contributed by atoms with Gasteiger partial charge in [-0.3, -0.25) is 14.4 Å². The summed E-state index contributed by atoms with van der Waals surface area (Å²) in [5, 5.41) is 2.84. The Balaban J connectivity index is 1.52. The molecule has 1 heterocycles. The Hall–Kier alpha value is -5.05. The number of amides is 1. The monoisotopic (exact) mass is 584 g/mol. The molecule has 0 saturated carbocycles. The largest absolute Gasteiger partial charge is 0.496 e. The third kappa shape index (κ3) is 8.25. The van der Waals surface area contributed by atoms with Gasteiger partial charge in [0.15, 0.2) is 0 Å². The highest BCUT2D eigenvalue weighted by Crippen LogP contribution is 2.35. The molecule has 0 spiro atoms. The van der Waals surface area contributed by atoms with Crippen LogP contribution < -0.4 is 14.8 Å². The number of hydrogen-bond donors (Lipinski definition) is 1. The molecule has 9 heteroatoms. The minimum Gasteiger partial charge on any atom is -0.496 e. The first kappa shape index (κ1) is 30.9. The fourth-order valence-electron chi connectivity index (χ4n) is 4.46. The molecule has 0 aliphatic rings. The Morgan fingerprint density at radius 2 is 1.47 bits per heavy atom. The number of nitrogens with one attached hydrogen (secondary N) is 1. The molecule has 4 aromatic rings. The maximum atomic E-state index is 13.8. The molecule has 8 nitrogen and oxygen atoms in total. The Morgan fingerprint density at radius 3 is 2.12 bits per heavy atom. The van der Waals surface area contributed by atoms with Gasteiger partial charge in [0, 0.05) is 11.6 Å². The van der Waals surface area contributed by atoms with E-state index in [2.05, 4.69) is 10.3 Å². The summed E-state index contributed by atoms with van der Waals surface area (Å²) < 4.78 is 29.7. The predicted molar refractivity (Wildman–Crippen MR) is 159 cm³/mol. The van der Waals surface area contributed by atoms with E-state index in [1.807, 2.05) is 50.2 Å². The van der Waals surface area contributed by atoms with E-state index in [9.17, 15) is 18.8 Å². The van der Waals surface area contributed by atoms with Crippen LogP contribution in [-0.4, -0.2) is 37.0 Å². The number of aromatic nitrogens is 1. The topological polar surface area (TPSA) is 104 Å². The number of carbonyl (C=O) groups is 3. The predicted octanol–water partition coefficient (Wildman–Crippen LogP) is 6.09. The summed E-state index contributed by atoms with van der Waals surface area (Å²) in [4.78, 5) is 43.2. The standard InChI is InChI=1S/C34H33FN2O6/c1-21-5-9-23(10-6-21)11-18-31(38)43-32(39)20-28(24-12-7-22(2)8-13-24)37-34(40)27-16-17-29(41-3)33(36-27)26-15-14-25(35)19-30(26)42-4/h5-10,12-17,19,28H,11,18,20H2,1-4H3,(H,37,40). The van der Waals surface area contributed by atoms with Gasteiger partial charge in [-0.2, -0.15) is 0 Å². The summed E-state index contributed by atoms with van der Waals surface area (Å²) in [6.45, 7) is 3.90. The molecule has 4 rings (SSSR count). The average Bonchev–Trinajstić information content (AvgIpc) is 3.00. The van der Waals surface area contributed by atoms with Crippen LogP contribution in [0.5, 0.6) is 11.5 Å². The number of pyridine rings is 1. The van der Waals surface area contributed by atoms with Crippen LogP contribution in [0, 0.1) is 19.7 Å². The second-order valence-corrected chi connectivity index (χ2v) is 10.1. The van der Waals surface area contributed by atoms with Crippen molar-refractivity contribution in [3.8, 4) is 22.8 Å². The number of aryl methyl sites for hydroxylation is 3. The average molecular weight is 585 g/mol. The molecule has 0 bridgehead atoms. The van der Waals surface area contributed by atoms with Crippen LogP contribution in [0.2, 0.25) is 0 Å². The molecule has 1 atom stereocenters. The Morgan fingerprint density at radius 1 is 0.814 bits per heavy atom. The van der Waals surface area contributed by atoms with Gasteiger partial charge in [-0.1, -0.05) is 59.7 Å². The highest BCUT2D eigenvalue weighted by atomic mass is 19.1. The van der Waals surface area contributed by atoms with E-state index in [0.29, 0.717) is 23.3 Å². The van der Waals surface area contributed by atoms with Crippen LogP contribution in [0.3, 0.4) is 0 Å². The molecule has 3 aromatic carbocycles. The highest BCUT2D eigenvalue weighted by molar-refractivity contribution is 5.94. The van der Waals surface area contributed by atoms with Gasteiger partial charge in [0.05, 0.1) is 33.1 Å². The van der Waals surface area contributed by atoms with Crippen LogP contribution in [0.4, 0.5) is 4.39 Å². The maximum absolute atomic E-state index is 13.8. The van der Waals surface area contributed by atoms with Crippen molar-refractivity contribution in [1.29, 1.82) is 0 Å². The SMILES string of the molecule is COc1cc(F)ccc1-c1nc(C(=O)NC(CC(=O)OC(=O)CCc2ccc(C)cc2)c2ccc(C)cc2)ccc1OC. The zero-order valence-corrected chi connectivity index (χ0v) is 24.5. The van der Waals surface area contributed by atoms with Gasteiger partial charge < -0.3 is 19.5 Å². The van der Waals surface area contributed by atoms with E-state index >= 15 is 0 Å². The van der Waals surface area contributed by atoms with Gasteiger partial charge in [-0.05, 0) is 55.7 Å². The molecule has 43 heavy (non-hydrogen) atoms. The van der Waals surface area contributed by atoms with Crippen LogP contribution in [0.15, 0.2) is 78.9 Å². The summed E-state index contributed by atoms with van der Waals surface area (Å²) in [7, 11) is 2.86. The summed E-state index contributed by atoms with van der Waals surface area (Å²) in [6.07, 6.45) is 0.205. The van der Waals surface area contributed by atoms with Gasteiger partial charge >= 0.3 is 11.9 Å². The third-order valence-electron chi connectivity index (χ3n) is 6.85.